The van der Waals surface area contributed by atoms with Crippen molar-refractivity contribution in [2.75, 3.05) is 7.11 Å². The molecule has 2 aliphatic heterocycles. The second kappa shape index (κ2) is 8.87. The number of rotatable bonds is 4. The molecule has 6 nitrogen and oxygen atoms in total. The van der Waals surface area contributed by atoms with Crippen molar-refractivity contribution in [3.63, 3.8) is 0 Å². The predicted molar refractivity (Wildman–Crippen MR) is 127 cm³/mol. The third-order valence-electron chi connectivity index (χ3n) is 6.74. The van der Waals surface area contributed by atoms with Crippen molar-refractivity contribution in [2.45, 2.75) is 50.8 Å². The molecule has 6 heteroatoms. The molecule has 1 amide bonds. The predicted octanol–water partition coefficient (Wildman–Crippen LogP) is 4.46. The number of carbonyl (C=O) groups excluding carboxylic acids is 1. The van der Waals surface area contributed by atoms with E-state index in [1.54, 1.807) is 13.4 Å². The Morgan fingerprint density at radius 2 is 1.97 bits per heavy atom. The van der Waals surface area contributed by atoms with Crippen LogP contribution < -0.4 is 4.74 Å². The Morgan fingerprint density at radius 1 is 1.15 bits per heavy atom. The highest BCUT2D eigenvalue weighted by Crippen LogP contribution is 2.41. The van der Waals surface area contributed by atoms with Crippen molar-refractivity contribution in [1.82, 2.24) is 14.5 Å². The van der Waals surface area contributed by atoms with Crippen molar-refractivity contribution in [2.24, 2.45) is 0 Å². The van der Waals surface area contributed by atoms with Gasteiger partial charge in [-0.3, -0.25) is 4.79 Å². The molecule has 5 rings (SSSR count). The monoisotopic (exact) mass is 443 g/mol. The van der Waals surface area contributed by atoms with Gasteiger partial charge < -0.3 is 19.3 Å². The molecular weight excluding hydrogens is 414 g/mol. The molecule has 33 heavy (non-hydrogen) atoms. The Bertz CT molecular complexity index is 1180. The normalized spacial score (nSPS) is 24.1. The highest BCUT2D eigenvalue weighted by molar-refractivity contribution is 5.99. The number of hydrogen-bond acceptors (Lipinski definition) is 4. The number of benzene rings is 2. The first-order valence-electron chi connectivity index (χ1n) is 11.5. The summed E-state index contributed by atoms with van der Waals surface area (Å²) in [4.78, 5) is 19.9. The number of hydrogen-bond donors (Lipinski definition) is 1. The average Bonchev–Trinajstić information content (AvgIpc) is 3.26. The van der Waals surface area contributed by atoms with Crippen molar-refractivity contribution in [1.29, 1.82) is 0 Å². The molecule has 2 saturated heterocycles. The van der Waals surface area contributed by atoms with E-state index in [0.717, 1.165) is 40.3 Å². The van der Waals surface area contributed by atoms with Gasteiger partial charge >= 0.3 is 0 Å². The molecule has 0 unspecified atom stereocenters. The number of piperidine rings is 2. The van der Waals surface area contributed by atoms with Crippen LogP contribution in [0.1, 0.15) is 48.5 Å². The number of methoxy groups -OCH3 is 1. The van der Waals surface area contributed by atoms with Crippen molar-refractivity contribution in [3.8, 4) is 11.4 Å². The minimum Gasteiger partial charge on any atom is -0.495 e. The van der Waals surface area contributed by atoms with Crippen molar-refractivity contribution < 1.29 is 14.6 Å². The second-order valence-corrected chi connectivity index (χ2v) is 8.98. The lowest BCUT2D eigenvalue weighted by atomic mass is 9.82. The van der Waals surface area contributed by atoms with Crippen LogP contribution >= 0.6 is 0 Å². The molecule has 2 aliphatic rings. The van der Waals surface area contributed by atoms with Gasteiger partial charge in [-0.15, -0.1) is 0 Å². The van der Waals surface area contributed by atoms with Crippen molar-refractivity contribution >= 4 is 12.0 Å². The Hall–Kier alpha value is -3.38. The summed E-state index contributed by atoms with van der Waals surface area (Å²) in [5.41, 5.74) is 4.66. The fourth-order valence-electron chi connectivity index (χ4n) is 5.17. The standard InChI is InChI=1S/C27H29N3O3/c1-18-16-29(17-28-18)24-11-8-19(13-26(24)33-2)12-21-9-10-22-14-23(31)15-25(30(22)27(21)32)20-6-4-3-5-7-20/h3-8,11-13,16-17,22-23,25,31H,9-10,14-15H2,1-2H3/b21-12+/t22-,23+,25+/m0/s1. The minimum atomic E-state index is -0.376. The Labute approximate surface area is 194 Å². The fourth-order valence-corrected chi connectivity index (χ4v) is 5.17. The van der Waals surface area contributed by atoms with Gasteiger partial charge in [-0.1, -0.05) is 36.4 Å². The van der Waals surface area contributed by atoms with E-state index in [-0.39, 0.29) is 24.1 Å². The van der Waals surface area contributed by atoms with Gasteiger partial charge in [0.2, 0.25) is 0 Å². The number of imidazole rings is 1. The lowest BCUT2D eigenvalue weighted by Crippen LogP contribution is -2.52. The maximum Gasteiger partial charge on any atom is 0.250 e. The molecule has 0 bridgehead atoms. The lowest BCUT2D eigenvalue weighted by Gasteiger charge is -2.47. The molecule has 3 aromatic rings. The summed E-state index contributed by atoms with van der Waals surface area (Å²) in [5.74, 6) is 0.798. The van der Waals surface area contributed by atoms with E-state index >= 15 is 0 Å². The van der Waals surface area contributed by atoms with Crippen LogP contribution in [0.25, 0.3) is 11.8 Å². The van der Waals surface area contributed by atoms with E-state index in [1.807, 2.05) is 77.2 Å². The number of nitrogens with zero attached hydrogens (tertiary/aromatic N) is 3. The number of aliphatic hydroxyl groups excluding tert-OH is 1. The van der Waals surface area contributed by atoms with Gasteiger partial charge in [0.25, 0.3) is 5.91 Å². The van der Waals surface area contributed by atoms with Gasteiger partial charge in [-0.25, -0.2) is 4.98 Å². The highest BCUT2D eigenvalue weighted by Gasteiger charge is 2.42. The molecule has 170 valence electrons. The summed E-state index contributed by atoms with van der Waals surface area (Å²) in [5, 5.41) is 10.5. The number of amides is 1. The molecule has 2 fully saturated rings. The van der Waals surface area contributed by atoms with Crippen LogP contribution in [-0.4, -0.2) is 44.7 Å². The van der Waals surface area contributed by atoms with Crippen LogP contribution in [0.2, 0.25) is 0 Å². The zero-order valence-corrected chi connectivity index (χ0v) is 19.0. The van der Waals surface area contributed by atoms with E-state index in [0.29, 0.717) is 19.3 Å². The van der Waals surface area contributed by atoms with Crippen LogP contribution in [0, 0.1) is 6.92 Å². The molecule has 2 aromatic carbocycles. The Kier molecular flexibility index (Phi) is 5.77. The third-order valence-corrected chi connectivity index (χ3v) is 6.74. The zero-order valence-electron chi connectivity index (χ0n) is 19.0. The Balaban J connectivity index is 1.45. The number of fused-ring (bicyclic) bond motifs is 1. The van der Waals surface area contributed by atoms with Crippen molar-refractivity contribution in [3.05, 3.63) is 83.4 Å². The molecule has 0 aliphatic carbocycles. The average molecular weight is 444 g/mol. The fraction of sp³-hybridized carbons (Fsp3) is 0.333. The van der Waals surface area contributed by atoms with Gasteiger partial charge in [0.05, 0.1) is 37.0 Å². The molecule has 3 atom stereocenters. The molecule has 0 saturated carbocycles. The van der Waals surface area contributed by atoms with Gasteiger partial charge in [0, 0.05) is 17.8 Å². The number of aliphatic hydroxyl groups is 1. The molecule has 0 spiro atoms. The number of carbonyl (C=O) groups is 1. The number of ether oxygens (including phenoxy) is 1. The third kappa shape index (κ3) is 4.18. The quantitative estimate of drug-likeness (QED) is 0.605. The SMILES string of the molecule is COc1cc(/C=C2\CC[C@H]3C[C@@H](O)C[C@H](c4ccccc4)N3C2=O)ccc1-n1cnc(C)c1. The topological polar surface area (TPSA) is 67.6 Å². The van der Waals surface area contributed by atoms with E-state index in [1.165, 1.54) is 0 Å². The van der Waals surface area contributed by atoms with Crippen LogP contribution in [0.5, 0.6) is 5.75 Å². The van der Waals surface area contributed by atoms with Gasteiger partial charge in [-0.2, -0.15) is 0 Å². The first kappa shape index (κ1) is 21.5. The van der Waals surface area contributed by atoms with E-state index in [2.05, 4.69) is 4.98 Å². The van der Waals surface area contributed by atoms with E-state index < -0.39 is 0 Å². The molecule has 1 N–H and O–H groups in total. The van der Waals surface area contributed by atoms with Gasteiger partial charge in [-0.05, 0) is 61.9 Å². The second-order valence-electron chi connectivity index (χ2n) is 8.98. The van der Waals surface area contributed by atoms with E-state index in [4.69, 9.17) is 4.74 Å². The maximum atomic E-state index is 13.6. The molecule has 1 aromatic heterocycles. The van der Waals surface area contributed by atoms with Crippen LogP contribution in [0.15, 0.2) is 66.6 Å². The summed E-state index contributed by atoms with van der Waals surface area (Å²) in [6.45, 7) is 1.95. The first-order chi connectivity index (χ1) is 16.0. The van der Waals surface area contributed by atoms with E-state index in [9.17, 15) is 9.90 Å². The number of aromatic nitrogens is 2. The molecule has 3 heterocycles. The molecular formula is C27H29N3O3. The maximum absolute atomic E-state index is 13.6. The minimum absolute atomic E-state index is 0.0697. The van der Waals surface area contributed by atoms with Gasteiger partial charge in [0.1, 0.15) is 5.75 Å². The largest absolute Gasteiger partial charge is 0.495 e. The lowest BCUT2D eigenvalue weighted by molar-refractivity contribution is -0.139. The smallest absolute Gasteiger partial charge is 0.250 e. The summed E-state index contributed by atoms with van der Waals surface area (Å²) >= 11 is 0. The summed E-state index contributed by atoms with van der Waals surface area (Å²) in [7, 11) is 1.65. The molecule has 0 radical (unpaired) electrons. The van der Waals surface area contributed by atoms with Crippen LogP contribution in [0.4, 0.5) is 0 Å². The Morgan fingerprint density at radius 3 is 2.70 bits per heavy atom. The summed E-state index contributed by atoms with van der Waals surface area (Å²) in [6.07, 6.45) is 8.12. The first-order valence-corrected chi connectivity index (χ1v) is 11.5. The van der Waals surface area contributed by atoms with Crippen LogP contribution in [-0.2, 0) is 4.79 Å². The highest BCUT2D eigenvalue weighted by atomic mass is 16.5. The number of aryl methyl sites for hydroxylation is 1. The zero-order chi connectivity index (χ0) is 22.9. The van der Waals surface area contributed by atoms with Gasteiger partial charge in [0.15, 0.2) is 0 Å². The van der Waals surface area contributed by atoms with Crippen LogP contribution in [0.3, 0.4) is 0 Å². The summed E-state index contributed by atoms with van der Waals surface area (Å²) in [6, 6.07) is 16.0. The summed E-state index contributed by atoms with van der Waals surface area (Å²) < 4.78 is 7.57.